The molecule has 0 bridgehead atoms. The van der Waals surface area contributed by atoms with Crippen molar-refractivity contribution < 1.29 is 9.26 Å². The lowest BCUT2D eigenvalue weighted by atomic mass is 10.2. The number of anilines is 1. The van der Waals surface area contributed by atoms with E-state index < -0.39 is 0 Å². The quantitative estimate of drug-likeness (QED) is 0.726. The Hall–Kier alpha value is -2.48. The monoisotopic (exact) mass is 347 g/mol. The number of ether oxygens (including phenoxy) is 1. The maximum absolute atomic E-state index is 5.83. The second-order valence-electron chi connectivity index (χ2n) is 4.12. The summed E-state index contributed by atoms with van der Waals surface area (Å²) in [4.78, 5) is 4.29. The molecule has 0 spiro atoms. The van der Waals surface area contributed by atoms with E-state index >= 15 is 0 Å². The number of nitrogens with two attached hydrogens (primary N) is 1. The Kier molecular flexibility index (Phi) is 3.53. The maximum Gasteiger partial charge on any atom is 0.258 e. The Bertz CT molecular complexity index is 772. The predicted octanol–water partition coefficient (Wildman–Crippen LogP) is 2.55. The molecule has 21 heavy (non-hydrogen) atoms. The van der Waals surface area contributed by atoms with Crippen LogP contribution in [0, 0.1) is 0 Å². The standard InChI is InChI=1S/C13H10BrN5O2/c1-20-11-5-4-10(17-18-11)12-16-13(21-19-12)7-2-3-8(14)9(15)6-7/h2-6H,15H2,1H3. The molecule has 1 aromatic carbocycles. The minimum Gasteiger partial charge on any atom is -0.480 e. The molecule has 2 heterocycles. The molecule has 8 heteroatoms. The Morgan fingerprint density at radius 3 is 2.71 bits per heavy atom. The van der Waals surface area contributed by atoms with Crippen molar-refractivity contribution in [2.45, 2.75) is 0 Å². The molecule has 3 rings (SSSR count). The first kappa shape index (κ1) is 13.5. The molecular weight excluding hydrogens is 338 g/mol. The van der Waals surface area contributed by atoms with Gasteiger partial charge >= 0.3 is 0 Å². The summed E-state index contributed by atoms with van der Waals surface area (Å²) in [5, 5.41) is 11.7. The fourth-order valence-corrected chi connectivity index (χ4v) is 1.92. The first-order chi connectivity index (χ1) is 10.2. The number of hydrogen-bond donors (Lipinski definition) is 1. The average Bonchev–Trinajstić information content (AvgIpc) is 3.00. The minimum absolute atomic E-state index is 0.349. The van der Waals surface area contributed by atoms with Crippen LogP contribution < -0.4 is 10.5 Å². The Labute approximate surface area is 128 Å². The van der Waals surface area contributed by atoms with Crippen LogP contribution in [0.3, 0.4) is 0 Å². The molecule has 2 aromatic heterocycles. The summed E-state index contributed by atoms with van der Waals surface area (Å²) in [7, 11) is 1.52. The molecule has 3 aromatic rings. The van der Waals surface area contributed by atoms with E-state index in [0.29, 0.717) is 29.0 Å². The van der Waals surface area contributed by atoms with E-state index in [-0.39, 0.29) is 0 Å². The zero-order valence-electron chi connectivity index (χ0n) is 10.9. The lowest BCUT2D eigenvalue weighted by Gasteiger charge is -1.99. The van der Waals surface area contributed by atoms with Crippen LogP contribution in [0.4, 0.5) is 5.69 Å². The average molecular weight is 348 g/mol. The molecular formula is C13H10BrN5O2. The molecule has 0 aliphatic heterocycles. The largest absolute Gasteiger partial charge is 0.480 e. The summed E-state index contributed by atoms with van der Waals surface area (Å²) in [5.74, 6) is 1.13. The van der Waals surface area contributed by atoms with Crippen LogP contribution in [0.5, 0.6) is 5.88 Å². The van der Waals surface area contributed by atoms with Gasteiger partial charge in [0.25, 0.3) is 5.89 Å². The Morgan fingerprint density at radius 1 is 1.19 bits per heavy atom. The molecule has 7 nitrogen and oxygen atoms in total. The van der Waals surface area contributed by atoms with Gasteiger partial charge in [0.1, 0.15) is 5.69 Å². The van der Waals surface area contributed by atoms with Crippen molar-refractivity contribution in [3.63, 3.8) is 0 Å². The third-order valence-corrected chi connectivity index (χ3v) is 3.47. The molecule has 0 aliphatic carbocycles. The number of methoxy groups -OCH3 is 1. The summed E-state index contributed by atoms with van der Waals surface area (Å²) in [6, 6.07) is 8.78. The number of rotatable bonds is 3. The van der Waals surface area contributed by atoms with Gasteiger partial charge in [-0.2, -0.15) is 4.98 Å². The number of benzene rings is 1. The first-order valence-corrected chi connectivity index (χ1v) is 6.74. The summed E-state index contributed by atoms with van der Waals surface area (Å²) < 4.78 is 11.0. The second kappa shape index (κ2) is 5.49. The highest BCUT2D eigenvalue weighted by Gasteiger charge is 2.13. The van der Waals surface area contributed by atoms with E-state index in [1.165, 1.54) is 7.11 Å². The van der Waals surface area contributed by atoms with Crippen LogP contribution in [0.1, 0.15) is 0 Å². The van der Waals surface area contributed by atoms with Gasteiger partial charge in [0.05, 0.1) is 7.11 Å². The topological polar surface area (TPSA) is 100.0 Å². The highest BCUT2D eigenvalue weighted by molar-refractivity contribution is 9.10. The molecule has 0 saturated heterocycles. The van der Waals surface area contributed by atoms with Gasteiger partial charge in [-0.3, -0.25) is 0 Å². The highest BCUT2D eigenvalue weighted by atomic mass is 79.9. The molecule has 0 unspecified atom stereocenters. The SMILES string of the molecule is COc1ccc(-c2noc(-c3ccc(Br)c(N)c3)n2)nn1. The highest BCUT2D eigenvalue weighted by Crippen LogP contribution is 2.27. The van der Waals surface area contributed by atoms with Gasteiger partial charge in [0.2, 0.25) is 11.7 Å². The smallest absolute Gasteiger partial charge is 0.258 e. The Balaban J connectivity index is 1.93. The van der Waals surface area contributed by atoms with Gasteiger partial charge in [-0.1, -0.05) is 5.16 Å². The van der Waals surface area contributed by atoms with Gasteiger partial charge < -0.3 is 15.0 Å². The van der Waals surface area contributed by atoms with Gasteiger partial charge in [-0.25, -0.2) is 0 Å². The van der Waals surface area contributed by atoms with Crippen LogP contribution in [-0.4, -0.2) is 27.4 Å². The Morgan fingerprint density at radius 2 is 2.05 bits per heavy atom. The normalized spacial score (nSPS) is 10.6. The number of nitrogens with zero attached hydrogens (tertiary/aromatic N) is 4. The first-order valence-electron chi connectivity index (χ1n) is 5.94. The lowest BCUT2D eigenvalue weighted by molar-refractivity contribution is 0.392. The van der Waals surface area contributed by atoms with E-state index in [9.17, 15) is 0 Å². The van der Waals surface area contributed by atoms with Crippen LogP contribution in [0.25, 0.3) is 23.0 Å². The van der Waals surface area contributed by atoms with E-state index in [0.717, 1.165) is 10.0 Å². The number of halogens is 1. The van der Waals surface area contributed by atoms with Crippen molar-refractivity contribution in [2.24, 2.45) is 0 Å². The van der Waals surface area contributed by atoms with E-state index in [4.69, 9.17) is 15.0 Å². The maximum atomic E-state index is 5.83. The lowest BCUT2D eigenvalue weighted by Crippen LogP contribution is -1.93. The fraction of sp³-hybridized carbons (Fsp3) is 0.0769. The predicted molar refractivity (Wildman–Crippen MR) is 79.4 cm³/mol. The van der Waals surface area contributed by atoms with Crippen LogP contribution >= 0.6 is 15.9 Å². The van der Waals surface area contributed by atoms with Crippen molar-refractivity contribution in [3.05, 3.63) is 34.8 Å². The molecule has 2 N–H and O–H groups in total. The summed E-state index contributed by atoms with van der Waals surface area (Å²) in [5.41, 5.74) is 7.66. The van der Waals surface area contributed by atoms with Crippen molar-refractivity contribution in [1.82, 2.24) is 20.3 Å². The van der Waals surface area contributed by atoms with Crippen LogP contribution in [0.2, 0.25) is 0 Å². The van der Waals surface area contributed by atoms with Crippen molar-refractivity contribution in [2.75, 3.05) is 12.8 Å². The van der Waals surface area contributed by atoms with Gasteiger partial charge in [-0.05, 0) is 40.2 Å². The van der Waals surface area contributed by atoms with E-state index in [2.05, 4.69) is 36.3 Å². The zero-order chi connectivity index (χ0) is 14.8. The third-order valence-electron chi connectivity index (χ3n) is 2.75. The summed E-state index contributed by atoms with van der Waals surface area (Å²) in [6.45, 7) is 0. The molecule has 0 atom stereocenters. The van der Waals surface area contributed by atoms with Gasteiger partial charge in [0.15, 0.2) is 0 Å². The molecule has 0 amide bonds. The summed E-state index contributed by atoms with van der Waals surface area (Å²) in [6.07, 6.45) is 0. The van der Waals surface area contributed by atoms with Crippen molar-refractivity contribution in [1.29, 1.82) is 0 Å². The van der Waals surface area contributed by atoms with Crippen molar-refractivity contribution in [3.8, 4) is 28.9 Å². The van der Waals surface area contributed by atoms with E-state index in [1.54, 1.807) is 18.2 Å². The number of hydrogen-bond acceptors (Lipinski definition) is 7. The zero-order valence-corrected chi connectivity index (χ0v) is 12.5. The molecule has 0 fully saturated rings. The third kappa shape index (κ3) is 2.70. The van der Waals surface area contributed by atoms with Crippen LogP contribution in [-0.2, 0) is 0 Å². The number of nitrogen functional groups attached to an aromatic ring is 1. The number of aromatic nitrogens is 4. The minimum atomic E-state index is 0.349. The molecule has 0 radical (unpaired) electrons. The molecule has 0 saturated carbocycles. The van der Waals surface area contributed by atoms with Gasteiger partial charge in [-0.15, -0.1) is 10.2 Å². The van der Waals surface area contributed by atoms with Crippen molar-refractivity contribution >= 4 is 21.6 Å². The molecule has 106 valence electrons. The van der Waals surface area contributed by atoms with Crippen LogP contribution in [0.15, 0.2) is 39.3 Å². The summed E-state index contributed by atoms with van der Waals surface area (Å²) >= 11 is 3.34. The second-order valence-corrected chi connectivity index (χ2v) is 4.97. The molecule has 0 aliphatic rings. The van der Waals surface area contributed by atoms with Gasteiger partial charge in [0, 0.05) is 21.8 Å². The van der Waals surface area contributed by atoms with E-state index in [1.807, 2.05) is 12.1 Å². The fourth-order valence-electron chi connectivity index (χ4n) is 1.67.